The van der Waals surface area contributed by atoms with Crippen LogP contribution in [0.1, 0.15) is 50.0 Å². The smallest absolute Gasteiger partial charge is 0.123 e. The Morgan fingerprint density at radius 1 is 1.12 bits per heavy atom. The number of thiazole rings is 1. The second-order valence-corrected chi connectivity index (χ2v) is 8.18. The van der Waals surface area contributed by atoms with E-state index < -0.39 is 0 Å². The van der Waals surface area contributed by atoms with E-state index >= 15 is 0 Å². The molecule has 0 aliphatic carbocycles. The van der Waals surface area contributed by atoms with Crippen molar-refractivity contribution < 1.29 is 4.84 Å². The highest BCUT2D eigenvalue weighted by atomic mass is 32.1. The van der Waals surface area contributed by atoms with Gasteiger partial charge in [-0.15, -0.1) is 11.3 Å². The van der Waals surface area contributed by atoms with Gasteiger partial charge in [-0.25, -0.2) is 4.98 Å². The highest BCUT2D eigenvalue weighted by molar-refractivity contribution is 7.18. The molecule has 124 valence electrons. The van der Waals surface area contributed by atoms with Crippen molar-refractivity contribution in [1.82, 2.24) is 15.0 Å². The van der Waals surface area contributed by atoms with Crippen molar-refractivity contribution in [3.8, 4) is 0 Å². The van der Waals surface area contributed by atoms with Gasteiger partial charge in [0.15, 0.2) is 0 Å². The molecule has 1 aromatic carbocycles. The highest BCUT2D eigenvalue weighted by Crippen LogP contribution is 2.46. The van der Waals surface area contributed by atoms with Crippen molar-refractivity contribution in [1.29, 1.82) is 0 Å². The van der Waals surface area contributed by atoms with Gasteiger partial charge >= 0.3 is 0 Å². The molecule has 0 bridgehead atoms. The Hall–Kier alpha value is -1.82. The lowest BCUT2D eigenvalue weighted by Crippen LogP contribution is -2.39. The van der Waals surface area contributed by atoms with Gasteiger partial charge in [0.1, 0.15) is 11.1 Å². The number of benzene rings is 1. The summed E-state index contributed by atoms with van der Waals surface area (Å²) in [6.45, 7) is 6.52. The molecule has 2 aromatic heterocycles. The van der Waals surface area contributed by atoms with Crippen molar-refractivity contribution in [2.24, 2.45) is 0 Å². The van der Waals surface area contributed by atoms with E-state index in [1.165, 1.54) is 4.70 Å². The van der Waals surface area contributed by atoms with Crippen LogP contribution in [-0.2, 0) is 4.84 Å². The third kappa shape index (κ3) is 2.83. The topological polar surface area (TPSA) is 38.2 Å². The molecule has 5 heteroatoms. The number of rotatable bonds is 2. The number of hydroxylamine groups is 2. The minimum atomic E-state index is -0.105. The third-order valence-corrected chi connectivity index (χ3v) is 5.37. The van der Waals surface area contributed by atoms with Gasteiger partial charge in [0.25, 0.3) is 0 Å². The summed E-state index contributed by atoms with van der Waals surface area (Å²) in [5.74, 6) is 0. The third-order valence-electron chi connectivity index (χ3n) is 4.24. The summed E-state index contributed by atoms with van der Waals surface area (Å²) in [5, 5.41) is 3.22. The Balaban J connectivity index is 1.71. The molecule has 1 saturated heterocycles. The van der Waals surface area contributed by atoms with E-state index in [0.29, 0.717) is 0 Å². The molecule has 0 saturated carbocycles. The number of pyridine rings is 1. The van der Waals surface area contributed by atoms with Gasteiger partial charge in [-0.05, 0) is 45.0 Å². The summed E-state index contributed by atoms with van der Waals surface area (Å²) in [6, 6.07) is 14.4. The summed E-state index contributed by atoms with van der Waals surface area (Å²) in [5.41, 5.74) is 1.94. The van der Waals surface area contributed by atoms with Gasteiger partial charge in [0, 0.05) is 18.2 Å². The maximum absolute atomic E-state index is 6.31. The number of para-hydroxylation sites is 1. The van der Waals surface area contributed by atoms with Gasteiger partial charge in [0.2, 0.25) is 0 Å². The van der Waals surface area contributed by atoms with Gasteiger partial charge < -0.3 is 0 Å². The number of nitrogens with zero attached hydrogens (tertiary/aromatic N) is 3. The van der Waals surface area contributed by atoms with Crippen LogP contribution in [0.15, 0.2) is 48.7 Å². The average Bonchev–Trinajstić information content (AvgIpc) is 3.19. The molecule has 1 aliphatic rings. The molecule has 3 heterocycles. The number of aromatic nitrogens is 2. The molecule has 3 aromatic rings. The maximum atomic E-state index is 6.31. The first-order chi connectivity index (χ1) is 11.5. The molecular formula is C19H21N3OS. The van der Waals surface area contributed by atoms with Crippen LogP contribution in [0, 0.1) is 0 Å². The fourth-order valence-corrected chi connectivity index (χ4v) is 4.21. The van der Waals surface area contributed by atoms with E-state index in [0.717, 1.165) is 22.6 Å². The Morgan fingerprint density at radius 2 is 1.92 bits per heavy atom. The Kier molecular flexibility index (Phi) is 3.87. The van der Waals surface area contributed by atoms with Gasteiger partial charge in [0.05, 0.1) is 22.0 Å². The fourth-order valence-electron chi connectivity index (χ4n) is 3.15. The lowest BCUT2D eigenvalue weighted by Gasteiger charge is -2.34. The average molecular weight is 339 g/mol. The van der Waals surface area contributed by atoms with Crippen molar-refractivity contribution >= 4 is 21.6 Å². The molecule has 4 rings (SSSR count). The van der Waals surface area contributed by atoms with Crippen molar-refractivity contribution in [3.05, 3.63) is 59.4 Å². The summed E-state index contributed by atoms with van der Waals surface area (Å²) < 4.78 is 1.22. The number of hydrogen-bond donors (Lipinski definition) is 0. The van der Waals surface area contributed by atoms with Crippen LogP contribution >= 0.6 is 11.3 Å². The summed E-state index contributed by atoms with van der Waals surface area (Å²) in [6.07, 6.45) is 2.67. The van der Waals surface area contributed by atoms with E-state index in [4.69, 9.17) is 9.82 Å². The minimum Gasteiger partial charge on any atom is -0.288 e. The van der Waals surface area contributed by atoms with Crippen LogP contribution in [0.2, 0.25) is 0 Å². The van der Waals surface area contributed by atoms with Crippen LogP contribution < -0.4 is 0 Å². The molecule has 0 radical (unpaired) electrons. The molecule has 1 fully saturated rings. The standard InChI is InChI=1S/C19H21N3OS/c1-19(2,3)22-15(12-16(23-22)13-8-6-7-11-20-13)18-21-14-9-4-5-10-17(14)24-18/h4-11,15-16H,12H2,1-3H3/t15-,16+/m0/s1. The molecule has 0 amide bonds. The van der Waals surface area contributed by atoms with Crippen LogP contribution in [0.5, 0.6) is 0 Å². The highest BCUT2D eigenvalue weighted by Gasteiger charge is 2.43. The van der Waals surface area contributed by atoms with Gasteiger partial charge in [-0.2, -0.15) is 5.06 Å². The Morgan fingerprint density at radius 3 is 2.62 bits per heavy atom. The number of fused-ring (bicyclic) bond motifs is 1. The van der Waals surface area contributed by atoms with Gasteiger partial charge in [-0.1, -0.05) is 18.2 Å². The predicted octanol–water partition coefficient (Wildman–Crippen LogP) is 4.91. The zero-order chi connectivity index (χ0) is 16.7. The molecule has 24 heavy (non-hydrogen) atoms. The monoisotopic (exact) mass is 339 g/mol. The van der Waals surface area contributed by atoms with E-state index in [-0.39, 0.29) is 17.7 Å². The lowest BCUT2D eigenvalue weighted by atomic mass is 10.0. The van der Waals surface area contributed by atoms with Gasteiger partial charge in [-0.3, -0.25) is 9.82 Å². The van der Waals surface area contributed by atoms with Crippen molar-refractivity contribution in [3.63, 3.8) is 0 Å². The molecular weight excluding hydrogens is 318 g/mol. The van der Waals surface area contributed by atoms with E-state index in [1.807, 2.05) is 30.5 Å². The minimum absolute atomic E-state index is 0.0255. The van der Waals surface area contributed by atoms with Crippen LogP contribution in [0.4, 0.5) is 0 Å². The molecule has 0 N–H and O–H groups in total. The van der Waals surface area contributed by atoms with E-state index in [1.54, 1.807) is 11.3 Å². The lowest BCUT2D eigenvalue weighted by molar-refractivity contribution is -0.215. The maximum Gasteiger partial charge on any atom is 0.123 e. The molecule has 1 aliphatic heterocycles. The van der Waals surface area contributed by atoms with Crippen LogP contribution in [0.25, 0.3) is 10.2 Å². The first-order valence-corrected chi connectivity index (χ1v) is 9.06. The first-order valence-electron chi connectivity index (χ1n) is 8.25. The molecule has 0 unspecified atom stereocenters. The Labute approximate surface area is 146 Å². The normalized spacial score (nSPS) is 22.3. The largest absolute Gasteiger partial charge is 0.288 e. The second-order valence-electron chi connectivity index (χ2n) is 7.12. The van der Waals surface area contributed by atoms with Crippen LogP contribution in [0.3, 0.4) is 0 Å². The van der Waals surface area contributed by atoms with Crippen molar-refractivity contribution in [2.75, 3.05) is 0 Å². The quantitative estimate of drug-likeness (QED) is 0.665. The van der Waals surface area contributed by atoms with E-state index in [9.17, 15) is 0 Å². The molecule has 2 atom stereocenters. The summed E-state index contributed by atoms with van der Waals surface area (Å²) in [4.78, 5) is 15.7. The second kappa shape index (κ2) is 5.92. The Bertz CT molecular complexity index is 807. The van der Waals surface area contributed by atoms with Crippen molar-refractivity contribution in [2.45, 2.75) is 44.9 Å². The van der Waals surface area contributed by atoms with Crippen LogP contribution in [-0.4, -0.2) is 20.6 Å². The first kappa shape index (κ1) is 15.7. The zero-order valence-corrected chi connectivity index (χ0v) is 15.0. The molecule has 0 spiro atoms. The van der Waals surface area contributed by atoms with E-state index in [2.05, 4.69) is 49.0 Å². The molecule has 4 nitrogen and oxygen atoms in total. The summed E-state index contributed by atoms with van der Waals surface area (Å²) >= 11 is 1.76. The zero-order valence-electron chi connectivity index (χ0n) is 14.1. The fraction of sp³-hybridized carbons (Fsp3) is 0.368. The predicted molar refractivity (Wildman–Crippen MR) is 96.6 cm³/mol. The number of hydrogen-bond acceptors (Lipinski definition) is 5. The SMILES string of the molecule is CC(C)(C)N1O[C@@H](c2ccccn2)C[C@H]1c1nc2ccccc2s1. The summed E-state index contributed by atoms with van der Waals surface area (Å²) in [7, 11) is 0.